The summed E-state index contributed by atoms with van der Waals surface area (Å²) in [5, 5.41) is 9.41. The Kier molecular flexibility index (Phi) is 6.70. The minimum atomic E-state index is -0.793. The fourth-order valence-corrected chi connectivity index (χ4v) is 3.06. The summed E-state index contributed by atoms with van der Waals surface area (Å²) in [5.74, 6) is -0.315. The van der Waals surface area contributed by atoms with Crippen LogP contribution in [0.1, 0.15) is 25.3 Å². The normalized spacial score (nSPS) is 15.4. The maximum absolute atomic E-state index is 12.3. The topological polar surface area (TPSA) is 76.1 Å². The van der Waals surface area contributed by atoms with Crippen molar-refractivity contribution in [1.29, 1.82) is 0 Å². The second-order valence-electron chi connectivity index (χ2n) is 5.74. The molecule has 1 heterocycles. The summed E-state index contributed by atoms with van der Waals surface area (Å²) in [6.45, 7) is 3.23. The first-order chi connectivity index (χ1) is 12.0. The zero-order chi connectivity index (χ0) is 18.4. The largest absolute Gasteiger partial charge is 0.491 e. The monoisotopic (exact) mass is 367 g/mol. The molecule has 1 N–H and O–H groups in total. The Balaban J connectivity index is 2.06. The molecule has 0 aromatic heterocycles. The number of hydrogen-bond acceptors (Lipinski definition) is 4. The van der Waals surface area contributed by atoms with Crippen molar-refractivity contribution in [3.05, 3.63) is 28.8 Å². The first-order valence-corrected chi connectivity index (χ1v) is 8.54. The molecule has 1 aromatic rings. The average molecular weight is 368 g/mol. The van der Waals surface area contributed by atoms with Crippen molar-refractivity contribution in [2.75, 3.05) is 26.8 Å². The molecule has 0 saturated carbocycles. The van der Waals surface area contributed by atoms with Gasteiger partial charge in [-0.15, -0.1) is 0 Å². The highest BCUT2D eigenvalue weighted by Gasteiger charge is 2.26. The number of nitrogens with zero attached hydrogens (tertiary/aromatic N) is 1. The smallest absolute Gasteiger partial charge is 0.306 e. The molecule has 0 bridgehead atoms. The van der Waals surface area contributed by atoms with Crippen molar-refractivity contribution in [2.24, 2.45) is 5.92 Å². The van der Waals surface area contributed by atoms with Crippen LogP contribution in [0.5, 0.6) is 11.5 Å². The van der Waals surface area contributed by atoms with Crippen LogP contribution in [0.3, 0.4) is 0 Å². The number of hydrogen-bond donors (Lipinski definition) is 1. The Morgan fingerprint density at radius 1 is 1.36 bits per heavy atom. The van der Waals surface area contributed by atoms with E-state index in [0.29, 0.717) is 49.1 Å². The fraction of sp³-hybridized carbons (Fsp3) is 0.444. The molecule has 0 aliphatic carbocycles. The van der Waals surface area contributed by atoms with Crippen LogP contribution in [0.4, 0.5) is 0 Å². The third-order valence-electron chi connectivity index (χ3n) is 4.11. The van der Waals surface area contributed by atoms with E-state index >= 15 is 0 Å². The third kappa shape index (κ3) is 4.89. The number of piperidine rings is 1. The highest BCUT2D eigenvalue weighted by Crippen LogP contribution is 2.36. The summed E-state index contributed by atoms with van der Waals surface area (Å²) >= 11 is 6.19. The van der Waals surface area contributed by atoms with Crippen LogP contribution in [-0.4, -0.2) is 48.7 Å². The van der Waals surface area contributed by atoms with Gasteiger partial charge in [-0.1, -0.05) is 11.6 Å². The number of halogens is 1. The van der Waals surface area contributed by atoms with Gasteiger partial charge < -0.3 is 19.5 Å². The Bertz CT molecular complexity index is 666. The molecule has 2 rings (SSSR count). The second kappa shape index (κ2) is 8.76. The van der Waals surface area contributed by atoms with Crippen LogP contribution < -0.4 is 9.47 Å². The molecule has 25 heavy (non-hydrogen) atoms. The summed E-state index contributed by atoms with van der Waals surface area (Å²) in [4.78, 5) is 24.9. The zero-order valence-electron chi connectivity index (χ0n) is 14.3. The summed E-state index contributed by atoms with van der Waals surface area (Å²) < 4.78 is 10.7. The molecule has 0 radical (unpaired) electrons. The fourth-order valence-electron chi connectivity index (χ4n) is 2.76. The van der Waals surface area contributed by atoms with E-state index in [1.807, 2.05) is 6.92 Å². The number of rotatable bonds is 6. The van der Waals surface area contributed by atoms with Crippen LogP contribution in [0, 0.1) is 5.92 Å². The lowest BCUT2D eigenvalue weighted by Gasteiger charge is -2.29. The van der Waals surface area contributed by atoms with Crippen molar-refractivity contribution in [1.82, 2.24) is 4.90 Å². The SMILES string of the molecule is CCOc1cc(C=CC(=O)N2CCC(C(=O)O)CC2)cc(Cl)c1OC. The molecular formula is C18H22ClNO5. The Morgan fingerprint density at radius 3 is 2.60 bits per heavy atom. The number of carbonyl (C=O) groups is 2. The van der Waals surface area contributed by atoms with E-state index in [-0.39, 0.29) is 11.8 Å². The van der Waals surface area contributed by atoms with Crippen LogP contribution in [0.2, 0.25) is 5.02 Å². The first kappa shape index (κ1) is 19.1. The molecule has 7 heteroatoms. The molecule has 1 saturated heterocycles. The predicted molar refractivity (Wildman–Crippen MR) is 95.1 cm³/mol. The summed E-state index contributed by atoms with van der Waals surface area (Å²) in [6.07, 6.45) is 4.10. The first-order valence-electron chi connectivity index (χ1n) is 8.16. The second-order valence-corrected chi connectivity index (χ2v) is 6.15. The number of benzene rings is 1. The number of carboxylic acids is 1. The van der Waals surface area contributed by atoms with Gasteiger partial charge in [0.2, 0.25) is 5.91 Å². The van der Waals surface area contributed by atoms with E-state index in [1.165, 1.54) is 13.2 Å². The van der Waals surface area contributed by atoms with E-state index in [1.54, 1.807) is 23.1 Å². The molecule has 1 aliphatic heterocycles. The molecule has 136 valence electrons. The van der Waals surface area contributed by atoms with Crippen molar-refractivity contribution in [3.63, 3.8) is 0 Å². The van der Waals surface area contributed by atoms with E-state index in [2.05, 4.69) is 0 Å². The molecule has 1 fully saturated rings. The average Bonchev–Trinajstić information content (AvgIpc) is 2.60. The van der Waals surface area contributed by atoms with E-state index in [0.717, 1.165) is 5.56 Å². The number of methoxy groups -OCH3 is 1. The van der Waals surface area contributed by atoms with Crippen LogP contribution in [-0.2, 0) is 9.59 Å². The molecule has 1 aromatic carbocycles. The Labute approximate surface area is 152 Å². The standard InChI is InChI=1S/C18H22ClNO5/c1-3-25-15-11-12(10-14(19)17(15)24-2)4-5-16(21)20-8-6-13(7-9-20)18(22)23/h4-5,10-11,13H,3,6-9H2,1-2H3,(H,22,23). The lowest BCUT2D eigenvalue weighted by molar-refractivity contribution is -0.144. The van der Waals surface area contributed by atoms with Crippen molar-refractivity contribution >= 4 is 29.6 Å². The molecule has 6 nitrogen and oxygen atoms in total. The lowest BCUT2D eigenvalue weighted by atomic mass is 9.97. The molecule has 1 amide bonds. The molecule has 0 atom stereocenters. The van der Waals surface area contributed by atoms with Gasteiger partial charge in [0.25, 0.3) is 0 Å². The molecule has 0 spiro atoms. The van der Waals surface area contributed by atoms with E-state index in [4.69, 9.17) is 26.2 Å². The summed E-state index contributed by atoms with van der Waals surface area (Å²) in [7, 11) is 1.52. The number of likely N-dealkylation sites (tertiary alicyclic amines) is 1. The van der Waals surface area contributed by atoms with Gasteiger partial charge in [0.15, 0.2) is 11.5 Å². The van der Waals surface area contributed by atoms with Crippen molar-refractivity contribution in [3.8, 4) is 11.5 Å². The van der Waals surface area contributed by atoms with Gasteiger partial charge in [-0.3, -0.25) is 9.59 Å². The molecule has 0 unspecified atom stereocenters. The van der Waals surface area contributed by atoms with Gasteiger partial charge >= 0.3 is 5.97 Å². The van der Waals surface area contributed by atoms with Crippen molar-refractivity contribution in [2.45, 2.75) is 19.8 Å². The third-order valence-corrected chi connectivity index (χ3v) is 4.39. The van der Waals surface area contributed by atoms with Crippen LogP contribution in [0.25, 0.3) is 6.08 Å². The van der Waals surface area contributed by atoms with Gasteiger partial charge in [0.05, 0.1) is 24.7 Å². The van der Waals surface area contributed by atoms with Gasteiger partial charge in [-0.25, -0.2) is 0 Å². The minimum absolute atomic E-state index is 0.145. The van der Waals surface area contributed by atoms with Gasteiger partial charge in [0, 0.05) is 19.2 Å². The summed E-state index contributed by atoms with van der Waals surface area (Å²) in [6, 6.07) is 3.46. The molecule has 1 aliphatic rings. The Morgan fingerprint density at radius 2 is 2.04 bits per heavy atom. The highest BCUT2D eigenvalue weighted by molar-refractivity contribution is 6.32. The van der Waals surface area contributed by atoms with Crippen molar-refractivity contribution < 1.29 is 24.2 Å². The highest BCUT2D eigenvalue weighted by atomic mass is 35.5. The number of carboxylic acid groups (broad SMARTS) is 1. The van der Waals surface area contributed by atoms with E-state index < -0.39 is 5.97 Å². The lowest BCUT2D eigenvalue weighted by Crippen LogP contribution is -2.39. The summed E-state index contributed by atoms with van der Waals surface area (Å²) in [5.41, 5.74) is 0.725. The number of ether oxygens (including phenoxy) is 2. The van der Waals surface area contributed by atoms with Gasteiger partial charge in [-0.2, -0.15) is 0 Å². The number of amides is 1. The minimum Gasteiger partial charge on any atom is -0.491 e. The maximum atomic E-state index is 12.3. The van der Waals surface area contributed by atoms with Crippen LogP contribution in [0.15, 0.2) is 18.2 Å². The molecular weight excluding hydrogens is 346 g/mol. The van der Waals surface area contributed by atoms with Crippen LogP contribution >= 0.6 is 11.6 Å². The predicted octanol–water partition coefficient (Wildman–Crippen LogP) is 3.08. The Hall–Kier alpha value is -2.21. The quantitative estimate of drug-likeness (QED) is 0.782. The maximum Gasteiger partial charge on any atom is 0.306 e. The zero-order valence-corrected chi connectivity index (χ0v) is 15.1. The van der Waals surface area contributed by atoms with E-state index in [9.17, 15) is 9.59 Å². The number of carbonyl (C=O) groups excluding carboxylic acids is 1. The van der Waals surface area contributed by atoms with Gasteiger partial charge in [-0.05, 0) is 43.5 Å². The number of aliphatic carboxylic acids is 1. The van der Waals surface area contributed by atoms with Gasteiger partial charge in [0.1, 0.15) is 0 Å².